The maximum absolute atomic E-state index is 10.2. The van der Waals surface area contributed by atoms with Crippen molar-refractivity contribution >= 4 is 0 Å². The summed E-state index contributed by atoms with van der Waals surface area (Å²) in [5.74, 6) is 0.814. The van der Waals surface area contributed by atoms with Crippen LogP contribution in [0.2, 0.25) is 0 Å². The van der Waals surface area contributed by atoms with Crippen LogP contribution in [-0.2, 0) is 6.54 Å². The van der Waals surface area contributed by atoms with Crippen molar-refractivity contribution in [1.29, 1.82) is 0 Å². The molecule has 1 aromatic heterocycles. The highest BCUT2D eigenvalue weighted by atomic mass is 16.5. The molecule has 124 valence electrons. The second-order valence-electron chi connectivity index (χ2n) is 5.94. The molecule has 23 heavy (non-hydrogen) atoms. The van der Waals surface area contributed by atoms with E-state index < -0.39 is 6.10 Å². The summed E-state index contributed by atoms with van der Waals surface area (Å²) in [4.78, 5) is 6.50. The molecule has 0 radical (unpaired) electrons. The Kier molecular flexibility index (Phi) is 6.56. The fraction of sp³-hybridized carbons (Fsp3) is 0.421. The molecule has 0 bridgehead atoms. The average molecular weight is 314 g/mol. The van der Waals surface area contributed by atoms with Gasteiger partial charge in [0.05, 0.1) is 5.69 Å². The second kappa shape index (κ2) is 8.65. The van der Waals surface area contributed by atoms with Crippen LogP contribution in [0.25, 0.3) is 0 Å². The van der Waals surface area contributed by atoms with Crippen molar-refractivity contribution in [3.8, 4) is 5.75 Å². The van der Waals surface area contributed by atoms with Crippen LogP contribution in [0.5, 0.6) is 5.75 Å². The molecule has 0 spiro atoms. The van der Waals surface area contributed by atoms with Crippen LogP contribution in [-0.4, -0.2) is 40.8 Å². The number of pyridine rings is 1. The third-order valence-corrected chi connectivity index (χ3v) is 3.67. The number of aliphatic hydroxyl groups is 1. The molecule has 2 rings (SSSR count). The molecular formula is C19H26N2O2. The van der Waals surface area contributed by atoms with Gasteiger partial charge in [-0.1, -0.05) is 19.1 Å². The summed E-state index contributed by atoms with van der Waals surface area (Å²) in [5, 5.41) is 10.2. The van der Waals surface area contributed by atoms with Gasteiger partial charge in [0, 0.05) is 19.3 Å². The molecular weight excluding hydrogens is 288 g/mol. The molecule has 1 N–H and O–H groups in total. The quantitative estimate of drug-likeness (QED) is 0.814. The molecule has 1 atom stereocenters. The Morgan fingerprint density at radius 2 is 1.91 bits per heavy atom. The number of nitrogens with zero attached hydrogens (tertiary/aromatic N) is 2. The molecule has 0 fully saturated rings. The Morgan fingerprint density at radius 1 is 1.17 bits per heavy atom. The summed E-state index contributed by atoms with van der Waals surface area (Å²) in [6, 6.07) is 12.0. The molecule has 0 aliphatic carbocycles. The van der Waals surface area contributed by atoms with E-state index in [-0.39, 0.29) is 0 Å². The first kappa shape index (κ1) is 17.4. The second-order valence-corrected chi connectivity index (χ2v) is 5.94. The normalized spacial score (nSPS) is 12.4. The lowest BCUT2D eigenvalue weighted by atomic mass is 10.1. The van der Waals surface area contributed by atoms with Crippen molar-refractivity contribution in [2.24, 2.45) is 0 Å². The molecule has 0 saturated heterocycles. The van der Waals surface area contributed by atoms with Crippen molar-refractivity contribution in [2.75, 3.05) is 19.7 Å². The maximum Gasteiger partial charge on any atom is 0.119 e. The number of aromatic nitrogens is 1. The van der Waals surface area contributed by atoms with E-state index in [0.717, 1.165) is 24.5 Å². The smallest absolute Gasteiger partial charge is 0.119 e. The Balaban J connectivity index is 1.83. The minimum atomic E-state index is -0.528. The summed E-state index contributed by atoms with van der Waals surface area (Å²) < 4.78 is 5.73. The molecule has 2 aromatic rings. The van der Waals surface area contributed by atoms with Gasteiger partial charge in [0.15, 0.2) is 0 Å². The van der Waals surface area contributed by atoms with Crippen molar-refractivity contribution < 1.29 is 9.84 Å². The van der Waals surface area contributed by atoms with Gasteiger partial charge >= 0.3 is 0 Å². The first-order chi connectivity index (χ1) is 11.1. The topological polar surface area (TPSA) is 45.6 Å². The molecule has 0 amide bonds. The summed E-state index contributed by atoms with van der Waals surface area (Å²) in [6.45, 7) is 8.62. The first-order valence-corrected chi connectivity index (χ1v) is 8.08. The van der Waals surface area contributed by atoms with Crippen LogP contribution in [0.3, 0.4) is 0 Å². The van der Waals surface area contributed by atoms with Crippen molar-refractivity contribution in [3.63, 3.8) is 0 Å². The van der Waals surface area contributed by atoms with Crippen LogP contribution in [0.15, 0.2) is 42.6 Å². The monoisotopic (exact) mass is 314 g/mol. The molecule has 4 heteroatoms. The predicted octanol–water partition coefficient (Wildman–Crippen LogP) is 2.96. The van der Waals surface area contributed by atoms with E-state index in [1.165, 1.54) is 11.1 Å². The molecule has 1 unspecified atom stereocenters. The Labute approximate surface area is 138 Å². The highest BCUT2D eigenvalue weighted by Gasteiger charge is 2.12. The zero-order valence-electron chi connectivity index (χ0n) is 14.2. The van der Waals surface area contributed by atoms with E-state index >= 15 is 0 Å². The van der Waals surface area contributed by atoms with Crippen molar-refractivity contribution in [2.45, 2.75) is 33.4 Å². The number of benzene rings is 1. The zero-order valence-corrected chi connectivity index (χ0v) is 14.2. The van der Waals surface area contributed by atoms with Crippen molar-refractivity contribution in [1.82, 2.24) is 9.88 Å². The minimum Gasteiger partial charge on any atom is -0.491 e. The van der Waals surface area contributed by atoms with Gasteiger partial charge in [0.1, 0.15) is 18.5 Å². The first-order valence-electron chi connectivity index (χ1n) is 8.08. The standard InChI is InChI=1S/C19H26N2O2/c1-4-21(12-17-7-5-6-8-20-17)13-18(22)14-23-19-10-15(2)9-16(3)11-19/h5-11,18,22H,4,12-14H2,1-3H3. The van der Waals surface area contributed by atoms with E-state index in [0.29, 0.717) is 13.2 Å². The average Bonchev–Trinajstić information content (AvgIpc) is 2.52. The number of likely N-dealkylation sites (N-methyl/N-ethyl adjacent to an activating group) is 1. The third kappa shape index (κ3) is 6.00. The Hall–Kier alpha value is -1.91. The van der Waals surface area contributed by atoms with Crippen LogP contribution < -0.4 is 4.74 Å². The molecule has 0 aliphatic rings. The highest BCUT2D eigenvalue weighted by Crippen LogP contribution is 2.16. The van der Waals surface area contributed by atoms with E-state index in [9.17, 15) is 5.11 Å². The summed E-state index contributed by atoms with van der Waals surface area (Å²) in [6.07, 6.45) is 1.27. The summed E-state index contributed by atoms with van der Waals surface area (Å²) >= 11 is 0. The zero-order chi connectivity index (χ0) is 16.7. The SMILES string of the molecule is CCN(Cc1ccccn1)CC(O)COc1cc(C)cc(C)c1. The molecule has 1 aromatic carbocycles. The fourth-order valence-electron chi connectivity index (χ4n) is 2.59. The van der Waals surface area contributed by atoms with E-state index in [1.807, 2.05) is 44.2 Å². The number of aliphatic hydroxyl groups excluding tert-OH is 1. The van der Waals surface area contributed by atoms with Crippen LogP contribution in [0.1, 0.15) is 23.7 Å². The molecule has 0 aliphatic heterocycles. The number of aryl methyl sites for hydroxylation is 2. The van der Waals surface area contributed by atoms with Gasteiger partial charge in [0.2, 0.25) is 0 Å². The number of rotatable bonds is 8. The van der Waals surface area contributed by atoms with Crippen molar-refractivity contribution in [3.05, 3.63) is 59.4 Å². The van der Waals surface area contributed by atoms with E-state index in [2.05, 4.69) is 22.9 Å². The maximum atomic E-state index is 10.2. The lowest BCUT2D eigenvalue weighted by molar-refractivity contribution is 0.0670. The van der Waals surface area contributed by atoms with Gasteiger partial charge in [-0.2, -0.15) is 0 Å². The number of hydrogen-bond acceptors (Lipinski definition) is 4. The molecule has 4 nitrogen and oxygen atoms in total. The van der Waals surface area contributed by atoms with Gasteiger partial charge in [0.25, 0.3) is 0 Å². The largest absolute Gasteiger partial charge is 0.491 e. The van der Waals surface area contributed by atoms with Gasteiger partial charge in [-0.25, -0.2) is 0 Å². The van der Waals surface area contributed by atoms with E-state index in [4.69, 9.17) is 4.74 Å². The third-order valence-electron chi connectivity index (χ3n) is 3.67. The Bertz CT molecular complexity index is 581. The summed E-state index contributed by atoms with van der Waals surface area (Å²) in [7, 11) is 0. The highest BCUT2D eigenvalue weighted by molar-refractivity contribution is 5.32. The van der Waals surface area contributed by atoms with Crippen LogP contribution in [0.4, 0.5) is 0 Å². The van der Waals surface area contributed by atoms with Gasteiger partial charge < -0.3 is 9.84 Å². The Morgan fingerprint density at radius 3 is 2.52 bits per heavy atom. The molecule has 1 heterocycles. The fourth-order valence-corrected chi connectivity index (χ4v) is 2.59. The molecule has 0 saturated carbocycles. The number of ether oxygens (including phenoxy) is 1. The van der Waals surface area contributed by atoms with E-state index in [1.54, 1.807) is 6.20 Å². The lowest BCUT2D eigenvalue weighted by Gasteiger charge is -2.23. The lowest BCUT2D eigenvalue weighted by Crippen LogP contribution is -2.35. The number of hydrogen-bond donors (Lipinski definition) is 1. The van der Waals surface area contributed by atoms with Gasteiger partial charge in [-0.05, 0) is 55.8 Å². The predicted molar refractivity (Wildman–Crippen MR) is 92.6 cm³/mol. The minimum absolute atomic E-state index is 0.293. The van der Waals surface area contributed by atoms with Gasteiger partial charge in [-0.3, -0.25) is 9.88 Å². The van der Waals surface area contributed by atoms with Crippen LogP contribution >= 0.6 is 0 Å². The summed E-state index contributed by atoms with van der Waals surface area (Å²) in [5.41, 5.74) is 3.34. The van der Waals surface area contributed by atoms with Gasteiger partial charge in [-0.15, -0.1) is 0 Å². The van der Waals surface area contributed by atoms with Crippen LogP contribution in [0, 0.1) is 13.8 Å².